The van der Waals surface area contributed by atoms with Crippen LogP contribution < -0.4 is 4.90 Å². The minimum Gasteiger partial charge on any atom is -0.480 e. The Balaban J connectivity index is 2.23. The number of hydrogen-bond acceptors (Lipinski definition) is 3. The molecule has 1 aliphatic rings. The van der Waals surface area contributed by atoms with Crippen LogP contribution in [0.4, 0.5) is 5.69 Å². The first-order chi connectivity index (χ1) is 8.08. The van der Waals surface area contributed by atoms with Gasteiger partial charge in [-0.05, 0) is 25.0 Å². The first-order valence-electron chi connectivity index (χ1n) is 5.49. The van der Waals surface area contributed by atoms with Gasteiger partial charge in [0, 0.05) is 13.2 Å². The van der Waals surface area contributed by atoms with E-state index in [-0.39, 0.29) is 5.91 Å². The average Bonchev–Trinajstić information content (AvgIpc) is 2.27. The summed E-state index contributed by atoms with van der Waals surface area (Å²) in [5.74, 6) is -1.38. The van der Waals surface area contributed by atoms with Gasteiger partial charge in [-0.2, -0.15) is 0 Å². The van der Waals surface area contributed by atoms with Crippen LogP contribution in [0.15, 0.2) is 24.5 Å². The van der Waals surface area contributed by atoms with Crippen molar-refractivity contribution in [2.75, 3.05) is 11.9 Å². The van der Waals surface area contributed by atoms with Gasteiger partial charge in [0.1, 0.15) is 5.41 Å². The largest absolute Gasteiger partial charge is 0.480 e. The van der Waals surface area contributed by atoms with E-state index in [9.17, 15) is 14.7 Å². The van der Waals surface area contributed by atoms with E-state index in [0.717, 1.165) is 6.42 Å². The molecule has 0 aromatic carbocycles. The van der Waals surface area contributed by atoms with Crippen LogP contribution in [0, 0.1) is 5.41 Å². The van der Waals surface area contributed by atoms with Crippen molar-refractivity contribution >= 4 is 17.6 Å². The maximum atomic E-state index is 12.2. The molecule has 17 heavy (non-hydrogen) atoms. The lowest BCUT2D eigenvalue weighted by Crippen LogP contribution is -2.51. The first kappa shape index (κ1) is 11.6. The Hall–Kier alpha value is -1.91. The zero-order valence-corrected chi connectivity index (χ0v) is 9.59. The number of nitrogens with zero attached hydrogens (tertiary/aromatic N) is 2. The zero-order valence-electron chi connectivity index (χ0n) is 9.59. The summed E-state index contributed by atoms with van der Waals surface area (Å²) in [5, 5.41) is 9.19. The number of amides is 1. The van der Waals surface area contributed by atoms with Crippen molar-refractivity contribution in [1.82, 2.24) is 4.98 Å². The molecular weight excluding hydrogens is 220 g/mol. The van der Waals surface area contributed by atoms with Gasteiger partial charge in [-0.1, -0.05) is 6.42 Å². The van der Waals surface area contributed by atoms with Gasteiger partial charge in [0.2, 0.25) is 5.91 Å². The predicted molar refractivity (Wildman–Crippen MR) is 61.6 cm³/mol. The maximum Gasteiger partial charge on any atom is 0.319 e. The van der Waals surface area contributed by atoms with Gasteiger partial charge in [0.15, 0.2) is 0 Å². The molecular formula is C12H14N2O3. The number of carbonyl (C=O) groups excluding carboxylic acids is 1. The van der Waals surface area contributed by atoms with Gasteiger partial charge in [-0.25, -0.2) is 0 Å². The third-order valence-electron chi connectivity index (χ3n) is 3.36. The highest BCUT2D eigenvalue weighted by atomic mass is 16.4. The smallest absolute Gasteiger partial charge is 0.319 e. The van der Waals surface area contributed by atoms with Crippen LogP contribution in [0.2, 0.25) is 0 Å². The van der Waals surface area contributed by atoms with E-state index in [2.05, 4.69) is 4.98 Å². The molecule has 5 nitrogen and oxygen atoms in total. The minimum atomic E-state index is -1.22. The third kappa shape index (κ3) is 1.77. The van der Waals surface area contributed by atoms with E-state index in [0.29, 0.717) is 18.5 Å². The topological polar surface area (TPSA) is 70.5 Å². The maximum absolute atomic E-state index is 12.2. The number of aromatic nitrogens is 1. The molecule has 1 aromatic heterocycles. The SMILES string of the molecule is CN(C(=O)C1(C(=O)O)CCC1)c1cccnc1. The average molecular weight is 234 g/mol. The minimum absolute atomic E-state index is 0.357. The number of anilines is 1. The van der Waals surface area contributed by atoms with E-state index in [4.69, 9.17) is 0 Å². The number of aliphatic carboxylic acids is 1. The van der Waals surface area contributed by atoms with Gasteiger partial charge in [-0.3, -0.25) is 14.6 Å². The second kappa shape index (κ2) is 4.16. The van der Waals surface area contributed by atoms with Gasteiger partial charge in [0.25, 0.3) is 0 Å². The number of carboxylic acids is 1. The van der Waals surface area contributed by atoms with E-state index in [1.54, 1.807) is 31.6 Å². The van der Waals surface area contributed by atoms with Crippen molar-refractivity contribution < 1.29 is 14.7 Å². The van der Waals surface area contributed by atoms with Crippen molar-refractivity contribution in [3.8, 4) is 0 Å². The van der Waals surface area contributed by atoms with E-state index >= 15 is 0 Å². The number of rotatable bonds is 3. The van der Waals surface area contributed by atoms with Gasteiger partial charge in [-0.15, -0.1) is 0 Å². The summed E-state index contributed by atoms with van der Waals surface area (Å²) in [6, 6.07) is 3.45. The second-order valence-corrected chi connectivity index (χ2v) is 4.32. The lowest BCUT2D eigenvalue weighted by molar-refractivity contribution is -0.160. The van der Waals surface area contributed by atoms with Crippen molar-refractivity contribution in [2.45, 2.75) is 19.3 Å². The Labute approximate surface area is 99.1 Å². The fraction of sp³-hybridized carbons (Fsp3) is 0.417. The number of hydrogen-bond donors (Lipinski definition) is 1. The first-order valence-corrected chi connectivity index (χ1v) is 5.49. The summed E-state index contributed by atoms with van der Waals surface area (Å²) < 4.78 is 0. The zero-order chi connectivity index (χ0) is 12.5. The number of pyridine rings is 1. The summed E-state index contributed by atoms with van der Waals surface area (Å²) in [6.45, 7) is 0. The predicted octanol–water partition coefficient (Wildman–Crippen LogP) is 1.30. The summed E-state index contributed by atoms with van der Waals surface area (Å²) in [6.07, 6.45) is 4.79. The third-order valence-corrected chi connectivity index (χ3v) is 3.36. The summed E-state index contributed by atoms with van der Waals surface area (Å²) in [7, 11) is 1.59. The summed E-state index contributed by atoms with van der Waals surface area (Å²) in [5.41, 5.74) is -0.602. The number of carbonyl (C=O) groups is 2. The van der Waals surface area contributed by atoms with Crippen molar-refractivity contribution in [1.29, 1.82) is 0 Å². The van der Waals surface area contributed by atoms with Crippen LogP contribution >= 0.6 is 0 Å². The molecule has 0 atom stereocenters. The van der Waals surface area contributed by atoms with Crippen LogP contribution in [0.3, 0.4) is 0 Å². The molecule has 0 unspecified atom stereocenters. The summed E-state index contributed by atoms with van der Waals surface area (Å²) in [4.78, 5) is 28.7. The fourth-order valence-electron chi connectivity index (χ4n) is 2.04. The molecule has 0 radical (unpaired) electrons. The van der Waals surface area contributed by atoms with Crippen LogP contribution in [0.5, 0.6) is 0 Å². The van der Waals surface area contributed by atoms with Crippen molar-refractivity contribution in [3.63, 3.8) is 0 Å². The highest BCUT2D eigenvalue weighted by Crippen LogP contribution is 2.43. The normalized spacial score (nSPS) is 17.0. The van der Waals surface area contributed by atoms with Gasteiger partial charge >= 0.3 is 5.97 Å². The molecule has 5 heteroatoms. The molecule has 1 fully saturated rings. The highest BCUT2D eigenvalue weighted by Gasteiger charge is 2.52. The molecule has 0 aliphatic heterocycles. The van der Waals surface area contributed by atoms with E-state index in [1.807, 2.05) is 0 Å². The molecule has 0 saturated heterocycles. The van der Waals surface area contributed by atoms with Crippen LogP contribution in [0.25, 0.3) is 0 Å². The monoisotopic (exact) mass is 234 g/mol. The fourth-order valence-corrected chi connectivity index (χ4v) is 2.04. The highest BCUT2D eigenvalue weighted by molar-refractivity contribution is 6.10. The van der Waals surface area contributed by atoms with Crippen LogP contribution in [0.1, 0.15) is 19.3 Å². The van der Waals surface area contributed by atoms with Crippen molar-refractivity contribution in [2.24, 2.45) is 5.41 Å². The van der Waals surface area contributed by atoms with Crippen molar-refractivity contribution in [3.05, 3.63) is 24.5 Å². The molecule has 1 aliphatic carbocycles. The van der Waals surface area contributed by atoms with E-state index in [1.165, 1.54) is 4.90 Å². The Bertz CT molecular complexity index is 440. The molecule has 2 rings (SSSR count). The standard InChI is InChI=1S/C12H14N2O3/c1-14(9-4-2-7-13-8-9)10(15)12(11(16)17)5-3-6-12/h2,4,7-8H,3,5-6H2,1H3,(H,16,17). The Kier molecular flexibility index (Phi) is 2.83. The lowest BCUT2D eigenvalue weighted by Gasteiger charge is -2.38. The molecule has 0 spiro atoms. The molecule has 0 bridgehead atoms. The Morgan fingerprint density at radius 1 is 1.47 bits per heavy atom. The molecule has 90 valence electrons. The Morgan fingerprint density at radius 3 is 2.59 bits per heavy atom. The molecule has 1 heterocycles. The van der Waals surface area contributed by atoms with Gasteiger partial charge in [0.05, 0.1) is 11.9 Å². The molecule has 1 amide bonds. The molecule has 1 N–H and O–H groups in total. The quantitative estimate of drug-likeness (QED) is 0.800. The Morgan fingerprint density at radius 2 is 2.18 bits per heavy atom. The van der Waals surface area contributed by atoms with Crippen LogP contribution in [-0.2, 0) is 9.59 Å². The number of carboxylic acid groups (broad SMARTS) is 1. The van der Waals surface area contributed by atoms with Gasteiger partial charge < -0.3 is 10.0 Å². The van der Waals surface area contributed by atoms with Crippen LogP contribution in [-0.4, -0.2) is 29.0 Å². The summed E-state index contributed by atoms with van der Waals surface area (Å²) >= 11 is 0. The lowest BCUT2D eigenvalue weighted by atomic mass is 9.68. The second-order valence-electron chi connectivity index (χ2n) is 4.32. The van der Waals surface area contributed by atoms with E-state index < -0.39 is 11.4 Å². The molecule has 1 saturated carbocycles. The molecule has 1 aromatic rings.